The van der Waals surface area contributed by atoms with Gasteiger partial charge >= 0.3 is 5.97 Å². The van der Waals surface area contributed by atoms with E-state index in [0.717, 1.165) is 0 Å². The topological polar surface area (TPSA) is 77.8 Å². The van der Waals surface area contributed by atoms with Crippen molar-refractivity contribution in [3.05, 3.63) is 11.6 Å². The van der Waals surface area contributed by atoms with E-state index in [9.17, 15) is 4.79 Å². The molecule has 16 heavy (non-hydrogen) atoms. The van der Waals surface area contributed by atoms with E-state index in [0.29, 0.717) is 5.57 Å². The first-order valence-electron chi connectivity index (χ1n) is 4.87. The first-order chi connectivity index (χ1) is 6.64. The van der Waals surface area contributed by atoms with Gasteiger partial charge in [-0.3, -0.25) is 0 Å². The van der Waals surface area contributed by atoms with E-state index < -0.39 is 5.97 Å². The summed E-state index contributed by atoms with van der Waals surface area (Å²) in [5.41, 5.74) is 0.389. The van der Waals surface area contributed by atoms with E-state index >= 15 is 0 Å². The molecule has 0 unspecified atom stereocenters. The van der Waals surface area contributed by atoms with Crippen LogP contribution in [0.15, 0.2) is 11.6 Å². The number of hydrogen-bond acceptors (Lipinski definition) is 3. The van der Waals surface area contributed by atoms with Crippen LogP contribution in [-0.4, -0.2) is 33.5 Å². The largest absolute Gasteiger partial charge is 0.478 e. The van der Waals surface area contributed by atoms with E-state index in [1.54, 1.807) is 47.6 Å². The van der Waals surface area contributed by atoms with Crippen LogP contribution >= 0.6 is 0 Å². The van der Waals surface area contributed by atoms with E-state index in [1.165, 1.54) is 0 Å². The van der Waals surface area contributed by atoms with Crippen molar-refractivity contribution < 1.29 is 41.8 Å². The third kappa shape index (κ3) is 66.9. The first-order valence-corrected chi connectivity index (χ1v) is 4.87. The molecule has 0 atom stereocenters. The molecule has 0 radical (unpaired) electrons. The second kappa shape index (κ2) is 17.2. The fourth-order valence-electron chi connectivity index (χ4n) is 0.123. The Bertz CT molecular complexity index is 165. The summed E-state index contributed by atoms with van der Waals surface area (Å²) in [5.74, 6) is -0.845. The Kier molecular flexibility index (Phi) is 26.8. The number of carbonyl (C=O) groups is 1. The van der Waals surface area contributed by atoms with Gasteiger partial charge in [0.1, 0.15) is 0 Å². The number of allylic oxidation sites excluding steroid dienone is 1. The summed E-state index contributed by atoms with van der Waals surface area (Å²) in [6.07, 6.45) is 1.22. The number of carboxylic acids is 1. The average molecular weight is 268 g/mol. The summed E-state index contributed by atoms with van der Waals surface area (Å²) in [5, 5.41) is 24.2. The zero-order chi connectivity index (χ0) is 13.0. The van der Waals surface area contributed by atoms with Gasteiger partial charge in [-0.1, -0.05) is 6.08 Å². The van der Waals surface area contributed by atoms with Crippen LogP contribution in [0.3, 0.4) is 0 Å². The first kappa shape index (κ1) is 24.9. The maximum Gasteiger partial charge on any atom is 0.330 e. The molecule has 0 saturated carbocycles. The van der Waals surface area contributed by atoms with Crippen LogP contribution < -0.4 is 0 Å². The van der Waals surface area contributed by atoms with Crippen molar-refractivity contribution in [2.75, 3.05) is 0 Å². The molecule has 0 aliphatic rings. The molecule has 0 rings (SSSR count). The van der Waals surface area contributed by atoms with Gasteiger partial charge < -0.3 is 15.3 Å². The molecular weight excluding hydrogens is 244 g/mol. The van der Waals surface area contributed by atoms with Gasteiger partial charge in [0.05, 0.1) is 0 Å². The van der Waals surface area contributed by atoms with Crippen molar-refractivity contribution in [1.29, 1.82) is 0 Å². The third-order valence-electron chi connectivity index (χ3n) is 0.770. The molecule has 0 aromatic carbocycles. The van der Waals surface area contributed by atoms with Crippen LogP contribution in [0.5, 0.6) is 0 Å². The minimum Gasteiger partial charge on any atom is -0.478 e. The summed E-state index contributed by atoms with van der Waals surface area (Å²) < 4.78 is 0. The minimum atomic E-state index is -0.845. The average Bonchev–Trinajstić information content (AvgIpc) is 2.00. The molecule has 0 saturated heterocycles. The smallest absolute Gasteiger partial charge is 0.330 e. The molecule has 0 aromatic rings. The Labute approximate surface area is 113 Å². The second-order valence-electron chi connectivity index (χ2n) is 3.46. The van der Waals surface area contributed by atoms with Gasteiger partial charge in [-0.2, -0.15) is 0 Å². The van der Waals surface area contributed by atoms with Gasteiger partial charge in [0.15, 0.2) is 0 Å². The van der Waals surface area contributed by atoms with Crippen LogP contribution in [0.25, 0.3) is 0 Å². The standard InChI is InChI=1S/C5H8O2.2C3H8O.Ti/c1-3-4(2)5(6)7;2*1-3(2)4;/h3H,1-2H3,(H,6,7);2*3-4H,1-2H3;. The van der Waals surface area contributed by atoms with Gasteiger partial charge in [0.25, 0.3) is 0 Å². The summed E-state index contributed by atoms with van der Waals surface area (Å²) >= 11 is 0. The van der Waals surface area contributed by atoms with Crippen molar-refractivity contribution >= 4 is 5.97 Å². The number of aliphatic hydroxyl groups excluding tert-OH is 2. The van der Waals surface area contributed by atoms with Crippen molar-refractivity contribution in [3.8, 4) is 0 Å². The molecule has 0 aromatic heterocycles. The van der Waals surface area contributed by atoms with E-state index in [-0.39, 0.29) is 33.9 Å². The van der Waals surface area contributed by atoms with Crippen molar-refractivity contribution in [3.63, 3.8) is 0 Å². The predicted octanol–water partition coefficient (Wildman–Crippen LogP) is 1.81. The van der Waals surface area contributed by atoms with Crippen LogP contribution in [0.1, 0.15) is 41.5 Å². The zero-order valence-corrected chi connectivity index (χ0v) is 12.5. The molecule has 0 amide bonds. The molecule has 96 valence electrons. The second-order valence-corrected chi connectivity index (χ2v) is 3.46. The van der Waals surface area contributed by atoms with Crippen molar-refractivity contribution in [2.24, 2.45) is 0 Å². The van der Waals surface area contributed by atoms with Crippen LogP contribution in [0.2, 0.25) is 0 Å². The Hall–Kier alpha value is -0.156. The van der Waals surface area contributed by atoms with Crippen LogP contribution in [-0.2, 0) is 26.5 Å². The minimum absolute atomic E-state index is 0. The molecule has 4 nitrogen and oxygen atoms in total. The fraction of sp³-hybridized carbons (Fsp3) is 0.727. The molecule has 0 aliphatic carbocycles. The summed E-state index contributed by atoms with van der Waals surface area (Å²) in [6, 6.07) is 0. The molecule has 3 N–H and O–H groups in total. The van der Waals surface area contributed by atoms with Gasteiger partial charge in [0, 0.05) is 39.5 Å². The number of hydrogen-bond donors (Lipinski definition) is 3. The third-order valence-corrected chi connectivity index (χ3v) is 0.770. The molecule has 5 heteroatoms. The SMILES string of the molecule is CC(C)O.CC(C)O.CC=C(C)C(=O)O.[Ti]. The zero-order valence-electron chi connectivity index (χ0n) is 11.0. The number of rotatable bonds is 1. The van der Waals surface area contributed by atoms with E-state index in [4.69, 9.17) is 15.3 Å². The fourth-order valence-corrected chi connectivity index (χ4v) is 0.123. The molecule has 0 heterocycles. The number of carboxylic acid groups (broad SMARTS) is 1. The van der Waals surface area contributed by atoms with E-state index in [1.807, 2.05) is 0 Å². The molecule has 0 spiro atoms. The summed E-state index contributed by atoms with van der Waals surface area (Å²) in [6.45, 7) is 10.1. The Morgan fingerprint density at radius 2 is 1.25 bits per heavy atom. The quantitative estimate of drug-likeness (QED) is 0.500. The van der Waals surface area contributed by atoms with Crippen molar-refractivity contribution in [2.45, 2.75) is 53.8 Å². The maximum absolute atomic E-state index is 9.86. The molecule has 0 fully saturated rings. The monoisotopic (exact) mass is 268 g/mol. The van der Waals surface area contributed by atoms with Gasteiger partial charge in [-0.15, -0.1) is 0 Å². The Balaban J connectivity index is -0.0000000700. The Morgan fingerprint density at radius 1 is 1.06 bits per heavy atom. The van der Waals surface area contributed by atoms with Crippen LogP contribution in [0, 0.1) is 0 Å². The number of aliphatic carboxylic acids is 1. The van der Waals surface area contributed by atoms with Gasteiger partial charge in [-0.25, -0.2) is 4.79 Å². The predicted molar refractivity (Wildman–Crippen MR) is 61.8 cm³/mol. The maximum atomic E-state index is 9.86. The normalized spacial score (nSPS) is 9.50. The van der Waals surface area contributed by atoms with Crippen LogP contribution in [0.4, 0.5) is 0 Å². The molecule has 0 aliphatic heterocycles. The summed E-state index contributed by atoms with van der Waals surface area (Å²) in [7, 11) is 0. The van der Waals surface area contributed by atoms with Gasteiger partial charge in [0.2, 0.25) is 0 Å². The summed E-state index contributed by atoms with van der Waals surface area (Å²) in [4.78, 5) is 9.86. The molecule has 0 bridgehead atoms. The van der Waals surface area contributed by atoms with E-state index in [2.05, 4.69) is 0 Å². The number of aliphatic hydroxyl groups is 2. The van der Waals surface area contributed by atoms with Gasteiger partial charge in [-0.05, 0) is 41.5 Å². The molecular formula is C11H24O4Ti. The van der Waals surface area contributed by atoms with Crippen molar-refractivity contribution in [1.82, 2.24) is 0 Å². The Morgan fingerprint density at radius 3 is 1.25 bits per heavy atom.